The summed E-state index contributed by atoms with van der Waals surface area (Å²) in [4.78, 5) is 24.4. The molecular weight excluding hydrogens is 347 g/mol. The summed E-state index contributed by atoms with van der Waals surface area (Å²) in [6.45, 7) is 0. The van der Waals surface area contributed by atoms with Gasteiger partial charge in [-0.3, -0.25) is 9.59 Å². The van der Waals surface area contributed by atoms with Crippen LogP contribution >= 0.6 is 22.6 Å². The highest BCUT2D eigenvalue weighted by atomic mass is 127. The van der Waals surface area contributed by atoms with Gasteiger partial charge in [0.2, 0.25) is 0 Å². The van der Waals surface area contributed by atoms with Crippen molar-refractivity contribution in [2.24, 2.45) is 23.2 Å². The predicted molar refractivity (Wildman–Crippen MR) is 74.3 cm³/mol. The Labute approximate surface area is 121 Å². The minimum absolute atomic E-state index is 0.108. The Balaban J connectivity index is 2.40. The summed E-state index contributed by atoms with van der Waals surface area (Å²) in [7, 11) is 2.71. The fourth-order valence-electron chi connectivity index (χ4n) is 3.97. The Morgan fingerprint density at radius 3 is 2.33 bits per heavy atom. The lowest BCUT2D eigenvalue weighted by molar-refractivity contribution is -0.172. The fraction of sp³-hybridized carbons (Fsp3) is 0.846. The third-order valence-electron chi connectivity index (χ3n) is 4.69. The minimum Gasteiger partial charge on any atom is -0.468 e. The Kier molecular flexibility index (Phi) is 4.18. The number of esters is 2. The Bertz CT molecular complexity index is 339. The molecule has 0 spiro atoms. The van der Waals surface area contributed by atoms with Gasteiger partial charge in [0.05, 0.1) is 14.2 Å². The zero-order chi connectivity index (χ0) is 13.3. The van der Waals surface area contributed by atoms with Crippen LogP contribution in [0.1, 0.15) is 25.7 Å². The van der Waals surface area contributed by atoms with Crippen molar-refractivity contribution < 1.29 is 19.1 Å². The number of hydrogen-bond acceptors (Lipinski definition) is 4. The number of carbonyl (C=O) groups is 2. The van der Waals surface area contributed by atoms with E-state index in [-0.39, 0.29) is 5.92 Å². The lowest BCUT2D eigenvalue weighted by Gasteiger charge is -2.29. The first kappa shape index (κ1) is 14.1. The second-order valence-corrected chi connectivity index (χ2v) is 6.16. The van der Waals surface area contributed by atoms with Gasteiger partial charge in [-0.15, -0.1) is 0 Å². The Hall–Kier alpha value is -0.330. The highest BCUT2D eigenvalue weighted by molar-refractivity contribution is 14.1. The SMILES string of the molecule is COC(=O)C1(C(=O)OC)C[C@@H](CI)[C@H]2CCC[C@H]21. The molecule has 0 aromatic carbocycles. The summed E-state index contributed by atoms with van der Waals surface area (Å²) in [5.41, 5.74) is -1.04. The zero-order valence-electron chi connectivity index (χ0n) is 10.8. The first-order valence-electron chi connectivity index (χ1n) is 6.34. The Morgan fingerprint density at radius 1 is 1.22 bits per heavy atom. The molecular formula is C13H19IO4. The highest BCUT2D eigenvalue weighted by Gasteiger charge is 2.64. The molecule has 2 saturated carbocycles. The normalized spacial score (nSPS) is 32.9. The van der Waals surface area contributed by atoms with E-state index in [1.807, 2.05) is 0 Å². The van der Waals surface area contributed by atoms with Crippen molar-refractivity contribution in [1.29, 1.82) is 0 Å². The maximum Gasteiger partial charge on any atom is 0.323 e. The van der Waals surface area contributed by atoms with E-state index < -0.39 is 17.4 Å². The summed E-state index contributed by atoms with van der Waals surface area (Å²) in [6, 6.07) is 0. The number of ether oxygens (including phenoxy) is 2. The van der Waals surface area contributed by atoms with Gasteiger partial charge < -0.3 is 9.47 Å². The van der Waals surface area contributed by atoms with Crippen LogP contribution in [0.4, 0.5) is 0 Å². The maximum absolute atomic E-state index is 12.2. The maximum atomic E-state index is 12.2. The quantitative estimate of drug-likeness (QED) is 0.333. The van der Waals surface area contributed by atoms with Crippen molar-refractivity contribution in [2.45, 2.75) is 25.7 Å². The summed E-state index contributed by atoms with van der Waals surface area (Å²) in [6.07, 6.45) is 3.74. The van der Waals surface area contributed by atoms with Gasteiger partial charge in [0.1, 0.15) is 0 Å². The topological polar surface area (TPSA) is 52.6 Å². The van der Waals surface area contributed by atoms with E-state index in [1.54, 1.807) is 0 Å². The van der Waals surface area contributed by atoms with Crippen molar-refractivity contribution in [3.8, 4) is 0 Å². The molecule has 0 heterocycles. The summed E-state index contributed by atoms with van der Waals surface area (Å²) < 4.78 is 10.8. The first-order chi connectivity index (χ1) is 8.61. The van der Waals surface area contributed by atoms with E-state index in [1.165, 1.54) is 14.2 Å². The van der Waals surface area contributed by atoms with Crippen LogP contribution in [0.2, 0.25) is 0 Å². The van der Waals surface area contributed by atoms with Crippen LogP contribution in [0, 0.1) is 23.2 Å². The molecule has 0 saturated heterocycles. The van der Waals surface area contributed by atoms with E-state index >= 15 is 0 Å². The van der Waals surface area contributed by atoms with Crippen molar-refractivity contribution in [3.05, 3.63) is 0 Å². The lowest BCUT2D eigenvalue weighted by atomic mass is 9.76. The molecule has 4 nitrogen and oxygen atoms in total. The molecule has 2 rings (SSSR count). The smallest absolute Gasteiger partial charge is 0.323 e. The highest BCUT2D eigenvalue weighted by Crippen LogP contribution is 2.59. The number of alkyl halides is 1. The minimum atomic E-state index is -1.04. The summed E-state index contributed by atoms with van der Waals surface area (Å²) >= 11 is 2.35. The molecule has 3 atom stereocenters. The van der Waals surface area contributed by atoms with Crippen molar-refractivity contribution in [3.63, 3.8) is 0 Å². The van der Waals surface area contributed by atoms with Gasteiger partial charge in [0, 0.05) is 4.43 Å². The van der Waals surface area contributed by atoms with Crippen LogP contribution in [0.25, 0.3) is 0 Å². The van der Waals surface area contributed by atoms with Gasteiger partial charge in [0.25, 0.3) is 0 Å². The van der Waals surface area contributed by atoms with Gasteiger partial charge in [0.15, 0.2) is 5.41 Å². The predicted octanol–water partition coefficient (Wildman–Crippen LogP) is 2.19. The Morgan fingerprint density at radius 2 is 1.83 bits per heavy atom. The molecule has 0 aliphatic heterocycles. The van der Waals surface area contributed by atoms with E-state index in [0.29, 0.717) is 18.3 Å². The molecule has 5 heteroatoms. The molecule has 0 aromatic heterocycles. The van der Waals surface area contributed by atoms with Crippen molar-refractivity contribution in [1.82, 2.24) is 0 Å². The van der Waals surface area contributed by atoms with E-state index in [4.69, 9.17) is 9.47 Å². The monoisotopic (exact) mass is 366 g/mol. The molecule has 0 N–H and O–H groups in total. The number of fused-ring (bicyclic) bond motifs is 1. The molecule has 2 aliphatic rings. The van der Waals surface area contributed by atoms with Crippen molar-refractivity contribution >= 4 is 34.5 Å². The van der Waals surface area contributed by atoms with Crippen LogP contribution in [0.5, 0.6) is 0 Å². The standard InChI is InChI=1S/C13H19IO4/c1-17-11(15)13(12(16)18-2)6-8(7-14)9-4-3-5-10(9)13/h8-10H,3-7H2,1-2H3/t8-,9+,10+/m0/s1. The van der Waals surface area contributed by atoms with Gasteiger partial charge in [-0.2, -0.15) is 0 Å². The van der Waals surface area contributed by atoms with Gasteiger partial charge in [-0.1, -0.05) is 29.0 Å². The molecule has 0 bridgehead atoms. The van der Waals surface area contributed by atoms with E-state index in [0.717, 1.165) is 23.7 Å². The third kappa shape index (κ3) is 1.85. The third-order valence-corrected chi connectivity index (χ3v) is 5.82. The van der Waals surface area contributed by atoms with Gasteiger partial charge in [-0.25, -0.2) is 0 Å². The van der Waals surface area contributed by atoms with Crippen LogP contribution in [0.15, 0.2) is 0 Å². The molecule has 18 heavy (non-hydrogen) atoms. The summed E-state index contributed by atoms with van der Waals surface area (Å²) in [5.74, 6) is 0.200. The zero-order valence-corrected chi connectivity index (χ0v) is 12.9. The average Bonchev–Trinajstić information content (AvgIpc) is 2.97. The van der Waals surface area contributed by atoms with Crippen LogP contribution in [0.3, 0.4) is 0 Å². The molecule has 102 valence electrons. The van der Waals surface area contributed by atoms with Crippen LogP contribution in [-0.2, 0) is 19.1 Å². The van der Waals surface area contributed by atoms with E-state index in [2.05, 4.69) is 22.6 Å². The second kappa shape index (κ2) is 5.35. The molecule has 0 radical (unpaired) electrons. The average molecular weight is 366 g/mol. The van der Waals surface area contributed by atoms with Crippen LogP contribution < -0.4 is 0 Å². The lowest BCUT2D eigenvalue weighted by Crippen LogP contribution is -2.44. The van der Waals surface area contributed by atoms with Crippen molar-refractivity contribution in [2.75, 3.05) is 18.6 Å². The second-order valence-electron chi connectivity index (χ2n) is 5.27. The molecule has 0 amide bonds. The number of hydrogen-bond donors (Lipinski definition) is 0. The fourth-order valence-corrected chi connectivity index (χ4v) is 4.93. The summed E-state index contributed by atoms with van der Waals surface area (Å²) in [5, 5.41) is 0. The van der Waals surface area contributed by atoms with E-state index in [9.17, 15) is 9.59 Å². The molecule has 2 fully saturated rings. The number of halogens is 1. The largest absolute Gasteiger partial charge is 0.468 e. The first-order valence-corrected chi connectivity index (χ1v) is 7.87. The number of rotatable bonds is 3. The van der Waals surface area contributed by atoms with Crippen LogP contribution in [-0.4, -0.2) is 30.6 Å². The number of carbonyl (C=O) groups excluding carboxylic acids is 2. The van der Waals surface area contributed by atoms with Gasteiger partial charge in [-0.05, 0) is 37.0 Å². The molecule has 2 aliphatic carbocycles. The van der Waals surface area contributed by atoms with Gasteiger partial charge >= 0.3 is 11.9 Å². The number of methoxy groups -OCH3 is 2. The molecule has 0 unspecified atom stereocenters. The molecule has 0 aromatic rings.